The molecule has 0 radical (unpaired) electrons. The van der Waals surface area contributed by atoms with E-state index in [9.17, 15) is 0 Å². The van der Waals surface area contributed by atoms with Gasteiger partial charge in [0.2, 0.25) is 0 Å². The molecule has 60 valence electrons. The van der Waals surface area contributed by atoms with Crippen molar-refractivity contribution < 1.29 is 4.74 Å². The minimum atomic E-state index is -0.0297. The monoisotopic (exact) mass is 142 g/mol. The Morgan fingerprint density at radius 3 is 2.20 bits per heavy atom. The van der Waals surface area contributed by atoms with Gasteiger partial charge in [0.1, 0.15) is 0 Å². The molecular weight excluding hydrogens is 124 g/mol. The van der Waals surface area contributed by atoms with Crippen molar-refractivity contribution in [2.75, 3.05) is 6.61 Å². The summed E-state index contributed by atoms with van der Waals surface area (Å²) in [5, 5.41) is 0. The van der Waals surface area contributed by atoms with Crippen molar-refractivity contribution in [3.05, 3.63) is 12.2 Å². The SMILES string of the molecule is C=C(CC)COC(C)(C)C. The lowest BCUT2D eigenvalue weighted by atomic mass is 10.2. The molecule has 0 unspecified atom stereocenters. The highest BCUT2D eigenvalue weighted by molar-refractivity contribution is 4.92. The molecule has 0 bridgehead atoms. The highest BCUT2D eigenvalue weighted by atomic mass is 16.5. The van der Waals surface area contributed by atoms with Gasteiger partial charge in [-0.15, -0.1) is 0 Å². The fourth-order valence-corrected chi connectivity index (χ4v) is 0.421. The molecule has 1 heteroatoms. The first kappa shape index (κ1) is 9.70. The molecule has 0 rings (SSSR count). The molecule has 0 heterocycles. The summed E-state index contributed by atoms with van der Waals surface area (Å²) in [6, 6.07) is 0. The lowest BCUT2D eigenvalue weighted by molar-refractivity contribution is 0.0105. The van der Waals surface area contributed by atoms with Gasteiger partial charge in [0.25, 0.3) is 0 Å². The minimum absolute atomic E-state index is 0.0297. The quantitative estimate of drug-likeness (QED) is 0.550. The van der Waals surface area contributed by atoms with Crippen LogP contribution in [0.15, 0.2) is 12.2 Å². The molecule has 0 aromatic rings. The molecule has 0 amide bonds. The number of hydrogen-bond acceptors (Lipinski definition) is 1. The number of ether oxygens (including phenoxy) is 1. The van der Waals surface area contributed by atoms with Gasteiger partial charge in [-0.05, 0) is 27.2 Å². The van der Waals surface area contributed by atoms with E-state index in [1.807, 2.05) is 0 Å². The number of rotatable bonds is 3. The lowest BCUT2D eigenvalue weighted by Gasteiger charge is -2.19. The van der Waals surface area contributed by atoms with Gasteiger partial charge in [-0.1, -0.05) is 19.1 Å². The van der Waals surface area contributed by atoms with E-state index in [0.29, 0.717) is 6.61 Å². The van der Waals surface area contributed by atoms with Crippen LogP contribution in [0.2, 0.25) is 0 Å². The molecule has 0 aliphatic rings. The summed E-state index contributed by atoms with van der Waals surface area (Å²) in [5.41, 5.74) is 1.13. The third kappa shape index (κ3) is 5.83. The van der Waals surface area contributed by atoms with E-state index in [0.717, 1.165) is 12.0 Å². The lowest BCUT2D eigenvalue weighted by Crippen LogP contribution is -2.20. The second-order valence-electron chi connectivity index (χ2n) is 3.50. The van der Waals surface area contributed by atoms with Gasteiger partial charge < -0.3 is 4.74 Å². The number of hydrogen-bond donors (Lipinski definition) is 0. The Balaban J connectivity index is 3.46. The zero-order chi connectivity index (χ0) is 8.20. The molecule has 0 aromatic carbocycles. The predicted octanol–water partition coefficient (Wildman–Crippen LogP) is 2.77. The average molecular weight is 142 g/mol. The zero-order valence-corrected chi connectivity index (χ0v) is 7.53. The van der Waals surface area contributed by atoms with Crippen LogP contribution in [-0.2, 0) is 4.74 Å². The Kier molecular flexibility index (Phi) is 3.66. The second-order valence-corrected chi connectivity index (χ2v) is 3.50. The van der Waals surface area contributed by atoms with Crippen molar-refractivity contribution in [1.29, 1.82) is 0 Å². The smallest absolute Gasteiger partial charge is 0.0681 e. The van der Waals surface area contributed by atoms with Crippen LogP contribution >= 0.6 is 0 Å². The van der Waals surface area contributed by atoms with Gasteiger partial charge in [-0.2, -0.15) is 0 Å². The average Bonchev–Trinajstić information content (AvgIpc) is 1.81. The largest absolute Gasteiger partial charge is 0.372 e. The van der Waals surface area contributed by atoms with Crippen LogP contribution in [-0.4, -0.2) is 12.2 Å². The molecule has 10 heavy (non-hydrogen) atoms. The summed E-state index contributed by atoms with van der Waals surface area (Å²) in [6.07, 6.45) is 1.01. The Bertz CT molecular complexity index is 108. The zero-order valence-electron chi connectivity index (χ0n) is 7.53. The van der Waals surface area contributed by atoms with Crippen molar-refractivity contribution in [2.45, 2.75) is 39.7 Å². The maximum absolute atomic E-state index is 5.48. The summed E-state index contributed by atoms with van der Waals surface area (Å²) in [6.45, 7) is 12.8. The Hall–Kier alpha value is -0.300. The van der Waals surface area contributed by atoms with Gasteiger partial charge in [0, 0.05) is 0 Å². The van der Waals surface area contributed by atoms with Crippen LogP contribution in [0.25, 0.3) is 0 Å². The first-order chi connectivity index (χ1) is 4.45. The molecule has 0 aliphatic heterocycles. The van der Waals surface area contributed by atoms with Gasteiger partial charge in [0.15, 0.2) is 0 Å². The summed E-state index contributed by atoms with van der Waals surface area (Å²) >= 11 is 0. The third-order valence-corrected chi connectivity index (χ3v) is 1.21. The first-order valence-corrected chi connectivity index (χ1v) is 3.76. The fraction of sp³-hybridized carbons (Fsp3) is 0.778. The van der Waals surface area contributed by atoms with Crippen molar-refractivity contribution in [1.82, 2.24) is 0 Å². The maximum atomic E-state index is 5.48. The van der Waals surface area contributed by atoms with Crippen LogP contribution < -0.4 is 0 Å². The molecule has 0 aromatic heterocycles. The maximum Gasteiger partial charge on any atom is 0.0681 e. The molecule has 0 saturated carbocycles. The van der Waals surface area contributed by atoms with Crippen LogP contribution in [0.4, 0.5) is 0 Å². The van der Waals surface area contributed by atoms with Crippen molar-refractivity contribution >= 4 is 0 Å². The van der Waals surface area contributed by atoms with Gasteiger partial charge in [0.05, 0.1) is 12.2 Å². The van der Waals surface area contributed by atoms with Gasteiger partial charge in [-0.25, -0.2) is 0 Å². The van der Waals surface area contributed by atoms with E-state index < -0.39 is 0 Å². The highest BCUT2D eigenvalue weighted by Crippen LogP contribution is 2.09. The van der Waals surface area contributed by atoms with E-state index in [1.165, 1.54) is 0 Å². The van der Waals surface area contributed by atoms with Gasteiger partial charge >= 0.3 is 0 Å². The second kappa shape index (κ2) is 3.77. The highest BCUT2D eigenvalue weighted by Gasteiger charge is 2.09. The van der Waals surface area contributed by atoms with E-state index in [-0.39, 0.29) is 5.60 Å². The Morgan fingerprint density at radius 2 is 1.90 bits per heavy atom. The van der Waals surface area contributed by atoms with Crippen molar-refractivity contribution in [3.63, 3.8) is 0 Å². The standard InChI is InChI=1S/C9H18O/c1-6-8(2)7-10-9(3,4)5/h2,6-7H2,1,3-5H3. The van der Waals surface area contributed by atoms with E-state index in [4.69, 9.17) is 4.74 Å². The topological polar surface area (TPSA) is 9.23 Å². The third-order valence-electron chi connectivity index (χ3n) is 1.21. The molecule has 1 nitrogen and oxygen atoms in total. The molecular formula is C9H18O. The molecule has 0 fully saturated rings. The van der Waals surface area contributed by atoms with Gasteiger partial charge in [-0.3, -0.25) is 0 Å². The van der Waals surface area contributed by atoms with Crippen LogP contribution in [0.1, 0.15) is 34.1 Å². The first-order valence-electron chi connectivity index (χ1n) is 3.76. The van der Waals surface area contributed by atoms with Crippen LogP contribution in [0, 0.1) is 0 Å². The molecule has 0 aliphatic carbocycles. The Labute approximate surface area is 64.1 Å². The van der Waals surface area contributed by atoms with E-state index in [1.54, 1.807) is 0 Å². The molecule has 0 spiro atoms. The minimum Gasteiger partial charge on any atom is -0.372 e. The van der Waals surface area contributed by atoms with Crippen molar-refractivity contribution in [2.24, 2.45) is 0 Å². The summed E-state index contributed by atoms with van der Waals surface area (Å²) in [7, 11) is 0. The summed E-state index contributed by atoms with van der Waals surface area (Å²) in [4.78, 5) is 0. The molecule has 0 N–H and O–H groups in total. The fourth-order valence-electron chi connectivity index (χ4n) is 0.421. The van der Waals surface area contributed by atoms with Crippen LogP contribution in [0.5, 0.6) is 0 Å². The predicted molar refractivity (Wildman–Crippen MR) is 45.1 cm³/mol. The summed E-state index contributed by atoms with van der Waals surface area (Å²) in [5.74, 6) is 0. The molecule has 0 saturated heterocycles. The van der Waals surface area contributed by atoms with E-state index >= 15 is 0 Å². The normalized spacial score (nSPS) is 11.6. The Morgan fingerprint density at radius 1 is 1.40 bits per heavy atom. The van der Waals surface area contributed by atoms with Crippen molar-refractivity contribution in [3.8, 4) is 0 Å². The van der Waals surface area contributed by atoms with E-state index in [2.05, 4.69) is 34.3 Å². The van der Waals surface area contributed by atoms with Crippen LogP contribution in [0.3, 0.4) is 0 Å². The summed E-state index contributed by atoms with van der Waals surface area (Å²) < 4.78 is 5.48. The molecule has 0 atom stereocenters.